The number of unbranched alkanes of at least 4 members (excludes halogenated alkanes) is 2. The quantitative estimate of drug-likeness (QED) is 0.444. The van der Waals surface area contributed by atoms with E-state index < -0.39 is 30.2 Å². The second-order valence-electron chi connectivity index (χ2n) is 7.94. The molecule has 1 aliphatic rings. The van der Waals surface area contributed by atoms with Gasteiger partial charge in [-0.05, 0) is 35.1 Å². The number of alkyl halides is 3. The third-order valence-corrected chi connectivity index (χ3v) is 5.57. The second-order valence-corrected chi connectivity index (χ2v) is 7.94. The molecule has 0 saturated carbocycles. The maximum Gasteiger partial charge on any atom is 0.419 e. The number of amides is 2. The first-order chi connectivity index (χ1) is 16.2. The van der Waals surface area contributed by atoms with Crippen molar-refractivity contribution in [3.63, 3.8) is 0 Å². The molecule has 1 aliphatic carbocycles. The third kappa shape index (κ3) is 6.27. The van der Waals surface area contributed by atoms with Crippen molar-refractivity contribution in [2.75, 3.05) is 13.2 Å². The summed E-state index contributed by atoms with van der Waals surface area (Å²) in [6.07, 6.45) is -4.68. The number of carboxylic acid groups (broad SMARTS) is 1. The fourth-order valence-electron chi connectivity index (χ4n) is 3.94. The largest absolute Gasteiger partial charge is 0.479 e. The van der Waals surface area contributed by atoms with Crippen LogP contribution in [-0.4, -0.2) is 48.4 Å². The normalized spacial score (nSPS) is 13.5. The first kappa shape index (κ1) is 25.1. The number of aliphatic carboxylic acids is 1. The van der Waals surface area contributed by atoms with Gasteiger partial charge in [-0.15, -0.1) is 0 Å². The Morgan fingerprint density at radius 3 is 2.09 bits per heavy atom. The Bertz CT molecular complexity index is 996. The molecule has 0 aromatic heterocycles. The van der Waals surface area contributed by atoms with E-state index >= 15 is 0 Å². The molecule has 1 unspecified atom stereocenters. The second kappa shape index (κ2) is 11.0. The van der Waals surface area contributed by atoms with Gasteiger partial charge in [-0.1, -0.05) is 55.0 Å². The van der Waals surface area contributed by atoms with Crippen LogP contribution in [0.25, 0.3) is 11.1 Å². The number of carbonyl (C=O) groups excluding carboxylic acids is 2. The zero-order valence-electron chi connectivity index (χ0n) is 18.2. The van der Waals surface area contributed by atoms with E-state index in [1.165, 1.54) is 5.32 Å². The highest BCUT2D eigenvalue weighted by molar-refractivity contribution is 5.84. The fourth-order valence-corrected chi connectivity index (χ4v) is 3.94. The Hall–Kier alpha value is -3.56. The van der Waals surface area contributed by atoms with Crippen LogP contribution >= 0.6 is 0 Å². The summed E-state index contributed by atoms with van der Waals surface area (Å²) in [6.45, 7) is 0.461. The Labute approximate surface area is 194 Å². The van der Waals surface area contributed by atoms with Crippen molar-refractivity contribution in [3.8, 4) is 11.1 Å². The molecule has 0 bridgehead atoms. The molecule has 2 aromatic rings. The van der Waals surface area contributed by atoms with E-state index in [9.17, 15) is 27.6 Å². The van der Waals surface area contributed by atoms with E-state index in [0.29, 0.717) is 12.8 Å². The molecule has 0 radical (unpaired) electrons. The number of ether oxygens (including phenoxy) is 1. The Morgan fingerprint density at radius 1 is 0.941 bits per heavy atom. The van der Waals surface area contributed by atoms with E-state index in [2.05, 4.69) is 5.32 Å². The highest BCUT2D eigenvalue weighted by Crippen LogP contribution is 2.44. The minimum atomic E-state index is -5.06. The maximum atomic E-state index is 12.6. The van der Waals surface area contributed by atoms with Crippen LogP contribution in [-0.2, 0) is 14.3 Å². The van der Waals surface area contributed by atoms with Gasteiger partial charge in [0.2, 0.25) is 11.9 Å². The lowest BCUT2D eigenvalue weighted by Crippen LogP contribution is -2.50. The van der Waals surface area contributed by atoms with Crippen LogP contribution < -0.4 is 10.6 Å². The zero-order valence-corrected chi connectivity index (χ0v) is 18.2. The molecule has 0 fully saturated rings. The van der Waals surface area contributed by atoms with E-state index in [0.717, 1.165) is 22.3 Å². The van der Waals surface area contributed by atoms with Crippen LogP contribution in [0.2, 0.25) is 0 Å². The average Bonchev–Trinajstić information content (AvgIpc) is 3.11. The molecule has 7 nitrogen and oxygen atoms in total. The molecule has 0 saturated heterocycles. The number of hydrogen-bond acceptors (Lipinski definition) is 4. The van der Waals surface area contributed by atoms with Crippen molar-refractivity contribution in [2.24, 2.45) is 0 Å². The highest BCUT2D eigenvalue weighted by atomic mass is 19.4. The van der Waals surface area contributed by atoms with Crippen LogP contribution in [0.4, 0.5) is 18.0 Å². The summed E-state index contributed by atoms with van der Waals surface area (Å²) in [7, 11) is 0. The molecule has 0 heterocycles. The van der Waals surface area contributed by atoms with Gasteiger partial charge >= 0.3 is 18.2 Å². The molecule has 2 aromatic carbocycles. The van der Waals surface area contributed by atoms with E-state index in [-0.39, 0.29) is 31.9 Å². The lowest BCUT2D eigenvalue weighted by Gasteiger charge is -2.17. The molecule has 1 atom stereocenters. The summed E-state index contributed by atoms with van der Waals surface area (Å²) < 4.78 is 43.1. The molecule has 3 N–H and O–H groups in total. The molecular weight excluding hydrogens is 453 g/mol. The van der Waals surface area contributed by atoms with Crippen LogP contribution in [0, 0.1) is 0 Å². The number of carboxylic acids is 1. The van der Waals surface area contributed by atoms with Gasteiger partial charge in [-0.25, -0.2) is 9.59 Å². The van der Waals surface area contributed by atoms with Crippen molar-refractivity contribution < 1.29 is 37.4 Å². The minimum Gasteiger partial charge on any atom is -0.479 e. The predicted molar refractivity (Wildman–Crippen MR) is 117 cm³/mol. The minimum absolute atomic E-state index is 0.0528. The molecular formula is C24H25F3N2O5. The number of halogens is 3. The Balaban J connectivity index is 1.35. The zero-order chi connectivity index (χ0) is 24.7. The number of hydrogen-bond donors (Lipinski definition) is 3. The first-order valence-corrected chi connectivity index (χ1v) is 10.9. The van der Waals surface area contributed by atoms with Crippen LogP contribution in [0.15, 0.2) is 48.5 Å². The van der Waals surface area contributed by atoms with Gasteiger partial charge in [0.05, 0.1) is 0 Å². The molecule has 2 amide bonds. The Morgan fingerprint density at radius 2 is 1.53 bits per heavy atom. The van der Waals surface area contributed by atoms with Gasteiger partial charge < -0.3 is 20.5 Å². The van der Waals surface area contributed by atoms with Crippen molar-refractivity contribution in [3.05, 3.63) is 59.7 Å². The van der Waals surface area contributed by atoms with Gasteiger partial charge in [0.25, 0.3) is 0 Å². The number of benzene rings is 2. The summed E-state index contributed by atoms with van der Waals surface area (Å²) >= 11 is 0. The van der Waals surface area contributed by atoms with Crippen molar-refractivity contribution in [1.29, 1.82) is 0 Å². The van der Waals surface area contributed by atoms with Crippen LogP contribution in [0.5, 0.6) is 0 Å². The smallest absolute Gasteiger partial charge is 0.419 e. The molecule has 0 spiro atoms. The number of fused-ring (bicyclic) bond motifs is 3. The number of carbonyl (C=O) groups is 3. The molecule has 34 heavy (non-hydrogen) atoms. The van der Waals surface area contributed by atoms with Gasteiger partial charge in [-0.3, -0.25) is 4.79 Å². The third-order valence-electron chi connectivity index (χ3n) is 5.57. The van der Waals surface area contributed by atoms with Crippen LogP contribution in [0.3, 0.4) is 0 Å². The van der Waals surface area contributed by atoms with Crippen molar-refractivity contribution in [2.45, 2.75) is 43.8 Å². The van der Waals surface area contributed by atoms with Gasteiger partial charge in [0, 0.05) is 18.9 Å². The van der Waals surface area contributed by atoms with E-state index in [4.69, 9.17) is 9.84 Å². The molecule has 182 valence electrons. The summed E-state index contributed by atoms with van der Waals surface area (Å²) in [5, 5.41) is 12.7. The van der Waals surface area contributed by atoms with Crippen LogP contribution in [0.1, 0.15) is 42.7 Å². The maximum absolute atomic E-state index is 12.6. The van der Waals surface area contributed by atoms with E-state index in [1.807, 2.05) is 48.5 Å². The topological polar surface area (TPSA) is 105 Å². The van der Waals surface area contributed by atoms with Crippen molar-refractivity contribution >= 4 is 18.0 Å². The average molecular weight is 478 g/mol. The summed E-state index contributed by atoms with van der Waals surface area (Å²) in [4.78, 5) is 34.3. The first-order valence-electron chi connectivity index (χ1n) is 10.9. The summed E-state index contributed by atoms with van der Waals surface area (Å²) in [5.74, 6) is -3.20. The van der Waals surface area contributed by atoms with Crippen molar-refractivity contribution in [1.82, 2.24) is 10.6 Å². The Kier molecular flexibility index (Phi) is 8.14. The lowest BCUT2D eigenvalue weighted by molar-refractivity contribution is -0.182. The van der Waals surface area contributed by atoms with Gasteiger partial charge in [0.15, 0.2) is 0 Å². The monoisotopic (exact) mass is 478 g/mol. The predicted octanol–water partition coefficient (Wildman–Crippen LogP) is 4.22. The fraction of sp³-hybridized carbons (Fsp3) is 0.375. The molecule has 0 aliphatic heterocycles. The van der Waals surface area contributed by atoms with Gasteiger partial charge in [-0.2, -0.15) is 13.2 Å². The van der Waals surface area contributed by atoms with Gasteiger partial charge in [0.1, 0.15) is 6.61 Å². The molecule has 3 rings (SSSR count). The summed E-state index contributed by atoms with van der Waals surface area (Å²) in [5.41, 5.74) is 4.46. The molecule has 10 heteroatoms. The number of alkyl carbamates (subject to hydrolysis) is 1. The summed E-state index contributed by atoms with van der Waals surface area (Å²) in [6, 6.07) is 13.0. The lowest BCUT2D eigenvalue weighted by atomic mass is 9.98. The SMILES string of the molecule is O=C(CCCCCNC(=O)OCC1c2ccccc2-c2ccccc21)NC(C(=O)O)C(F)(F)F. The highest BCUT2D eigenvalue weighted by Gasteiger charge is 2.46. The standard InChI is InChI=1S/C24H25F3N2O5/c25-24(26,27)21(22(31)32)29-20(30)12-2-1-7-13-28-23(33)34-14-19-17-10-5-3-8-15(17)16-9-4-6-11-18(16)19/h3-6,8-11,19,21H,1-2,7,12-14H2,(H,28,33)(H,29,30)(H,31,32). The number of rotatable bonds is 10. The van der Waals surface area contributed by atoms with E-state index in [1.54, 1.807) is 0 Å². The number of nitrogens with one attached hydrogen (secondary N) is 2.